The van der Waals surface area contributed by atoms with Crippen LogP contribution in [-0.4, -0.2) is 14.1 Å². The number of fused-ring (bicyclic) bond motifs is 2. The molecule has 0 aliphatic rings. The van der Waals surface area contributed by atoms with Crippen LogP contribution in [-0.2, 0) is 6.54 Å². The van der Waals surface area contributed by atoms with Crippen molar-refractivity contribution >= 4 is 27.2 Å². The minimum Gasteiger partial charge on any atom is -0.292 e. The van der Waals surface area contributed by atoms with Crippen LogP contribution in [0, 0.1) is 0 Å². The lowest BCUT2D eigenvalue weighted by Crippen LogP contribution is -2.39. The first-order chi connectivity index (χ1) is 11.6. The summed E-state index contributed by atoms with van der Waals surface area (Å²) in [4.78, 5) is 0. The fourth-order valence-corrected chi connectivity index (χ4v) is 3.61. The van der Waals surface area contributed by atoms with Crippen LogP contribution in [0.5, 0.6) is 0 Å². The molecular weight excluding hydrogens is 290 g/mol. The largest absolute Gasteiger partial charge is 0.292 e. The molecule has 0 aromatic heterocycles. The SMILES string of the molecule is C[N+](C)(Cc1ccc2ccccc2c1)c1cccc2ccccc12. The van der Waals surface area contributed by atoms with Crippen molar-refractivity contribution in [3.63, 3.8) is 0 Å². The van der Waals surface area contributed by atoms with E-state index in [-0.39, 0.29) is 0 Å². The second-order valence-electron chi connectivity index (χ2n) is 7.02. The monoisotopic (exact) mass is 312 g/mol. The molecule has 0 saturated carbocycles. The molecule has 0 saturated heterocycles. The molecule has 4 aromatic rings. The molecule has 0 radical (unpaired) electrons. The number of hydrogen-bond donors (Lipinski definition) is 0. The molecule has 0 amide bonds. The van der Waals surface area contributed by atoms with Crippen molar-refractivity contribution in [2.75, 3.05) is 14.1 Å². The maximum absolute atomic E-state index is 2.32. The summed E-state index contributed by atoms with van der Waals surface area (Å²) in [6, 6.07) is 30.6. The molecular formula is C23H22N+. The van der Waals surface area contributed by atoms with E-state index in [1.807, 2.05) is 0 Å². The highest BCUT2D eigenvalue weighted by atomic mass is 15.3. The predicted octanol–water partition coefficient (Wildman–Crippen LogP) is 5.76. The molecule has 4 rings (SSSR count). The van der Waals surface area contributed by atoms with Crippen LogP contribution in [0.2, 0.25) is 0 Å². The highest BCUT2D eigenvalue weighted by Crippen LogP contribution is 2.31. The number of benzene rings is 4. The summed E-state index contributed by atoms with van der Waals surface area (Å²) in [6.45, 7) is 0.971. The maximum Gasteiger partial charge on any atom is 0.140 e. The van der Waals surface area contributed by atoms with Gasteiger partial charge < -0.3 is 0 Å². The van der Waals surface area contributed by atoms with Gasteiger partial charge in [-0.15, -0.1) is 0 Å². The van der Waals surface area contributed by atoms with E-state index in [1.54, 1.807) is 0 Å². The summed E-state index contributed by atoms with van der Waals surface area (Å²) in [7, 11) is 4.58. The van der Waals surface area contributed by atoms with E-state index in [0.717, 1.165) is 11.0 Å². The van der Waals surface area contributed by atoms with Crippen LogP contribution >= 0.6 is 0 Å². The third kappa shape index (κ3) is 2.68. The van der Waals surface area contributed by atoms with E-state index in [0.29, 0.717) is 0 Å². The molecule has 4 aromatic carbocycles. The van der Waals surface area contributed by atoms with Gasteiger partial charge in [-0.1, -0.05) is 66.7 Å². The minimum atomic E-state index is 0.833. The summed E-state index contributed by atoms with van der Waals surface area (Å²) in [6.07, 6.45) is 0. The Morgan fingerprint density at radius 1 is 0.625 bits per heavy atom. The molecule has 118 valence electrons. The number of hydrogen-bond acceptors (Lipinski definition) is 0. The molecule has 0 atom stereocenters. The van der Waals surface area contributed by atoms with Crippen molar-refractivity contribution in [3.05, 3.63) is 90.5 Å². The summed E-state index contributed by atoms with van der Waals surface area (Å²) in [5.41, 5.74) is 2.73. The zero-order chi connectivity index (χ0) is 16.6. The Hall–Kier alpha value is -2.64. The molecule has 0 aliphatic heterocycles. The van der Waals surface area contributed by atoms with Crippen molar-refractivity contribution in [1.82, 2.24) is 4.48 Å². The van der Waals surface area contributed by atoms with E-state index in [2.05, 4.69) is 99.0 Å². The average molecular weight is 312 g/mol. The zero-order valence-electron chi connectivity index (χ0n) is 14.2. The summed E-state index contributed by atoms with van der Waals surface area (Å²) in [5.74, 6) is 0. The van der Waals surface area contributed by atoms with Gasteiger partial charge in [-0.2, -0.15) is 0 Å². The summed E-state index contributed by atoms with van der Waals surface area (Å²) >= 11 is 0. The van der Waals surface area contributed by atoms with Gasteiger partial charge in [0.15, 0.2) is 0 Å². The van der Waals surface area contributed by atoms with Gasteiger partial charge in [0.25, 0.3) is 0 Å². The van der Waals surface area contributed by atoms with Crippen LogP contribution in [0.25, 0.3) is 21.5 Å². The number of quaternary nitrogens is 1. The normalized spacial score (nSPS) is 11.9. The highest BCUT2D eigenvalue weighted by Gasteiger charge is 2.22. The number of nitrogens with zero attached hydrogens (tertiary/aromatic N) is 1. The van der Waals surface area contributed by atoms with Gasteiger partial charge in [0.2, 0.25) is 0 Å². The van der Waals surface area contributed by atoms with Crippen molar-refractivity contribution in [2.24, 2.45) is 0 Å². The average Bonchev–Trinajstić information content (AvgIpc) is 2.61. The van der Waals surface area contributed by atoms with Crippen LogP contribution in [0.15, 0.2) is 84.9 Å². The van der Waals surface area contributed by atoms with Crippen LogP contribution in [0.4, 0.5) is 5.69 Å². The van der Waals surface area contributed by atoms with Crippen LogP contribution in [0.1, 0.15) is 5.56 Å². The van der Waals surface area contributed by atoms with Gasteiger partial charge in [0.1, 0.15) is 12.2 Å². The van der Waals surface area contributed by atoms with Gasteiger partial charge in [0, 0.05) is 10.9 Å². The highest BCUT2D eigenvalue weighted by molar-refractivity contribution is 5.93. The molecule has 0 fully saturated rings. The predicted molar refractivity (Wildman–Crippen MR) is 105 cm³/mol. The summed E-state index contributed by atoms with van der Waals surface area (Å²) < 4.78 is 0.833. The Morgan fingerprint density at radius 2 is 1.29 bits per heavy atom. The first-order valence-electron chi connectivity index (χ1n) is 8.42. The lowest BCUT2D eigenvalue weighted by atomic mass is 10.0. The Morgan fingerprint density at radius 3 is 2.12 bits per heavy atom. The molecule has 0 N–H and O–H groups in total. The third-order valence-corrected chi connectivity index (χ3v) is 4.81. The molecule has 0 spiro atoms. The fourth-order valence-electron chi connectivity index (χ4n) is 3.61. The van der Waals surface area contributed by atoms with E-state index < -0.39 is 0 Å². The minimum absolute atomic E-state index is 0.833. The quantitative estimate of drug-likeness (QED) is 0.422. The first kappa shape index (κ1) is 14.9. The van der Waals surface area contributed by atoms with Gasteiger partial charge >= 0.3 is 0 Å². The third-order valence-electron chi connectivity index (χ3n) is 4.81. The first-order valence-corrected chi connectivity index (χ1v) is 8.42. The van der Waals surface area contributed by atoms with Crippen molar-refractivity contribution in [1.29, 1.82) is 0 Å². The molecule has 24 heavy (non-hydrogen) atoms. The molecule has 0 bridgehead atoms. The Kier molecular flexibility index (Phi) is 3.59. The van der Waals surface area contributed by atoms with E-state index in [9.17, 15) is 0 Å². The van der Waals surface area contributed by atoms with Gasteiger partial charge in [-0.3, -0.25) is 4.48 Å². The molecule has 0 aliphatic carbocycles. The fraction of sp³-hybridized carbons (Fsp3) is 0.130. The number of rotatable bonds is 3. The molecule has 0 unspecified atom stereocenters. The molecule has 0 heterocycles. The van der Waals surface area contributed by atoms with Gasteiger partial charge in [-0.05, 0) is 34.4 Å². The Labute approximate surface area is 143 Å². The maximum atomic E-state index is 2.32. The topological polar surface area (TPSA) is 0 Å². The summed E-state index contributed by atoms with van der Waals surface area (Å²) in [5, 5.41) is 5.26. The zero-order valence-corrected chi connectivity index (χ0v) is 14.2. The second kappa shape index (κ2) is 5.77. The van der Waals surface area contributed by atoms with Crippen molar-refractivity contribution in [3.8, 4) is 0 Å². The van der Waals surface area contributed by atoms with Crippen molar-refractivity contribution in [2.45, 2.75) is 6.54 Å². The van der Waals surface area contributed by atoms with Gasteiger partial charge in [-0.25, -0.2) is 0 Å². The second-order valence-corrected chi connectivity index (χ2v) is 7.02. The van der Waals surface area contributed by atoms with E-state index in [1.165, 1.54) is 32.8 Å². The van der Waals surface area contributed by atoms with Crippen LogP contribution in [0.3, 0.4) is 0 Å². The lowest BCUT2D eigenvalue weighted by Gasteiger charge is -2.30. The lowest BCUT2D eigenvalue weighted by molar-refractivity contribution is 0.395. The van der Waals surface area contributed by atoms with Crippen LogP contribution < -0.4 is 4.48 Å². The molecule has 1 heteroatoms. The Bertz CT molecular complexity index is 1010. The Balaban J connectivity index is 1.75. The van der Waals surface area contributed by atoms with Crippen molar-refractivity contribution < 1.29 is 0 Å². The van der Waals surface area contributed by atoms with Gasteiger partial charge in [0.05, 0.1) is 14.1 Å². The standard InChI is InChI=1S/C23H22N/c1-24(2,23-13-7-11-20-9-5-6-12-22(20)23)17-18-14-15-19-8-3-4-10-21(19)16-18/h3-16H,17H2,1-2H3/q+1. The smallest absolute Gasteiger partial charge is 0.140 e. The van der Waals surface area contributed by atoms with E-state index >= 15 is 0 Å². The molecule has 1 nitrogen and oxygen atoms in total. The van der Waals surface area contributed by atoms with E-state index in [4.69, 9.17) is 0 Å².